The molecule has 22 rings (SSSR count). The molecule has 0 aliphatic rings. The Morgan fingerprint density at radius 3 is 1.33 bits per heavy atom. The Morgan fingerprint density at radius 2 is 0.764 bits per heavy atom. The summed E-state index contributed by atoms with van der Waals surface area (Å²) >= 11 is 12.2. The third-order valence-corrected chi connectivity index (χ3v) is 25.6. The number of amides is 1. The number of Topliss-reactive ketones (excluding diaryl/α,β-unsaturated/α-hetero) is 1. The Hall–Kier alpha value is -18.6. The Labute approximate surface area is 860 Å². The highest BCUT2D eigenvalue weighted by Gasteiger charge is 2.18. The predicted molar refractivity (Wildman–Crippen MR) is 591 cm³/mol. The van der Waals surface area contributed by atoms with E-state index < -0.39 is 9.84 Å². The molecule has 7 heterocycles. The fraction of sp³-hybridized carbons (Fsp3) is 0.106. The second kappa shape index (κ2) is 47.1. The van der Waals surface area contributed by atoms with Crippen LogP contribution in [-0.2, 0) is 42.3 Å². The van der Waals surface area contributed by atoms with Gasteiger partial charge in [-0.3, -0.25) is 45.3 Å². The topological polar surface area (TPSA) is 530 Å². The molecular formula is C113H106Cl2N22O10S. The molecule has 148 heavy (non-hydrogen) atoms. The average molecular weight is 2040 g/mol. The number of nitrogens with one attached hydrogen (secondary N) is 8. The molecule has 23 N–H and O–H groups in total. The highest BCUT2D eigenvalue weighted by molar-refractivity contribution is 7.90. The zero-order valence-corrected chi connectivity index (χ0v) is 83.5. The van der Waals surface area contributed by atoms with Crippen LogP contribution in [0, 0.1) is 13.8 Å². The maximum Gasteiger partial charge on any atom is 0.251 e. The van der Waals surface area contributed by atoms with Gasteiger partial charge >= 0.3 is 0 Å². The summed E-state index contributed by atoms with van der Waals surface area (Å²) in [7, 11) is -0.0139. The third-order valence-electron chi connectivity index (χ3n) is 23.9. The lowest BCUT2D eigenvalue weighted by Gasteiger charge is -2.08. The number of para-hydroxylation sites is 1. The van der Waals surface area contributed by atoms with Crippen molar-refractivity contribution in [3.8, 4) is 67.9 Å². The number of hydrogen-bond donors (Lipinski definition) is 16. The van der Waals surface area contributed by atoms with Crippen LogP contribution in [0.25, 0.3) is 110 Å². The Kier molecular flexibility index (Phi) is 32.5. The van der Waals surface area contributed by atoms with Gasteiger partial charge in [-0.1, -0.05) is 187 Å². The number of ketones is 1. The number of anilines is 7. The minimum atomic E-state index is -3.22. The summed E-state index contributed by atoms with van der Waals surface area (Å²) in [6.45, 7) is 8.48. The number of ether oxygens (including phenoxy) is 5. The van der Waals surface area contributed by atoms with Crippen molar-refractivity contribution in [3.05, 3.63) is 388 Å². The quantitative estimate of drug-likeness (QED) is 0.0197. The lowest BCUT2D eigenvalue weighted by Crippen LogP contribution is -2.22. The van der Waals surface area contributed by atoms with Crippen LogP contribution < -0.4 is 69.1 Å². The first-order chi connectivity index (χ1) is 71.5. The number of methoxy groups -OCH3 is 2. The van der Waals surface area contributed by atoms with E-state index in [1.54, 1.807) is 50.6 Å². The third kappa shape index (κ3) is 26.3. The number of fused-ring (bicyclic) bond motifs is 7. The predicted octanol–water partition coefficient (Wildman–Crippen LogP) is 22.7. The van der Waals surface area contributed by atoms with Crippen molar-refractivity contribution in [3.63, 3.8) is 0 Å². The van der Waals surface area contributed by atoms with Crippen molar-refractivity contribution >= 4 is 162 Å². The SMILES string of the molecule is C=C(O)COc1cccc(-c2ccc3[nH]nc(N)c3c2)c1.COc1ccc(CCc2ccc3[nH]nc(N)c3c2)cc1Cl.COc1ccc(COc2ccc3c(N)n[nH]c3c2)cc1Cl.CS(=O)(=O)c1cccc(-c2ccc3[nH]nc(N)c3c2)c1.Cc1cccc(CCC(=O)c2ccc3c(N)n[nH]c3c2)c1.Cc1cccc(CNC(=O)c2ccc3[nH]nc(N)c3c2)c1.Nc1n[nH]c2cc(-c3ccc(Oc4ccccc4)cc3)ccc12. The van der Waals surface area contributed by atoms with Gasteiger partial charge in [0.05, 0.1) is 67.8 Å². The van der Waals surface area contributed by atoms with Gasteiger partial charge in [0.15, 0.2) is 56.3 Å². The fourth-order valence-corrected chi connectivity index (χ4v) is 17.3. The number of sulfone groups is 1. The van der Waals surface area contributed by atoms with E-state index in [-0.39, 0.29) is 24.1 Å². The van der Waals surface area contributed by atoms with Crippen molar-refractivity contribution in [2.75, 3.05) is 67.2 Å². The maximum atomic E-state index is 12.3. The summed E-state index contributed by atoms with van der Waals surface area (Å²) in [4.78, 5) is 24.8. The average Bonchev–Trinajstić information content (AvgIpc) is 1.64. The van der Waals surface area contributed by atoms with Crippen LogP contribution in [-0.4, -0.2) is 124 Å². The molecule has 0 spiro atoms. The first kappa shape index (κ1) is 102. The largest absolute Gasteiger partial charge is 0.509 e. The number of aliphatic hydroxyl groups excluding tert-OH is 1. The van der Waals surface area contributed by atoms with Crippen LogP contribution in [0.5, 0.6) is 34.5 Å². The van der Waals surface area contributed by atoms with Gasteiger partial charge < -0.3 is 74.2 Å². The Bertz CT molecular complexity index is 8620. The van der Waals surface area contributed by atoms with E-state index in [0.29, 0.717) is 104 Å². The molecule has 0 saturated heterocycles. The van der Waals surface area contributed by atoms with E-state index in [4.69, 9.17) is 92.1 Å². The summed E-state index contributed by atoms with van der Waals surface area (Å²) in [5, 5.41) is 67.2. The molecule has 1 amide bonds. The number of nitrogens with zero attached hydrogens (tertiary/aromatic N) is 7. The number of aryl methyl sites for hydroxylation is 5. The van der Waals surface area contributed by atoms with Gasteiger partial charge in [-0.15, -0.1) is 0 Å². The van der Waals surface area contributed by atoms with Gasteiger partial charge in [0.1, 0.15) is 53.5 Å². The number of carbonyl (C=O) groups is 2. The highest BCUT2D eigenvalue weighted by Crippen LogP contribution is 2.36. The summed E-state index contributed by atoms with van der Waals surface area (Å²) in [5.41, 5.74) is 61.8. The Balaban J connectivity index is 0.000000123. The summed E-state index contributed by atoms with van der Waals surface area (Å²) in [5.74, 6) is 7.72. The number of rotatable bonds is 24. The van der Waals surface area contributed by atoms with Crippen LogP contribution in [0.3, 0.4) is 0 Å². The maximum absolute atomic E-state index is 12.3. The molecule has 22 aromatic rings. The van der Waals surface area contributed by atoms with E-state index in [1.165, 1.54) is 34.1 Å². The standard InChI is InChI=1S/C19H15N3O.C17H17N3O.C16H16ClN3O.C16H16N4O.C16H15N3O2.C15H14ClN3O2.C14H13N3O2S/c20-19-17-11-8-14(12-18(17)21-22-19)13-6-9-16(10-7-13)23-15-4-2-1-3-5-15;1-11-3-2-4-12(9-11)5-8-16(21)13-6-7-14-15(10-13)19-20-17(14)18;1-21-15-7-5-11(9-13(15)17)3-2-10-4-6-14-12(8-10)16(18)20-19-14;1-10-3-2-4-11(7-10)9-18-16(21)12-5-6-14-13(8-12)15(17)20-19-14;1-10(20)9-21-13-4-2-3-11(7-13)12-5-6-15-14(8-12)16(17)19-18-15;1-20-14-5-2-9(6-12(14)16)8-21-10-3-4-11-13(7-10)18-19-15(11)17;1-20(18,19)11-4-2-3-9(7-11)10-5-6-13-12(8-10)14(15)17-16-13/h1-12H,(H3,20,21,22);2-4,6-7,9-10H,5,8H2,1H3,(H3,18,19,20);4-9H,2-3H2,1H3,(H3,18,19,20);2-8H,9H2,1H3,(H,18,21)(H3,17,19,20);2-8,20H,1,9H2,(H3,17,18,19);2-7H,8H2,1H3,(H3,17,18,19);2-8H,1H3,(H3,15,16,17). The van der Waals surface area contributed by atoms with Gasteiger partial charge in [-0.05, 0) is 258 Å². The molecule has 0 saturated carbocycles. The van der Waals surface area contributed by atoms with Crippen LogP contribution in [0.2, 0.25) is 10.0 Å². The summed E-state index contributed by atoms with van der Waals surface area (Å²) in [6, 6.07) is 100. The molecule has 35 heteroatoms. The van der Waals surface area contributed by atoms with Crippen molar-refractivity contribution < 1.29 is 46.8 Å². The number of carbonyl (C=O) groups excluding carboxylic acids is 2. The minimum absolute atomic E-state index is 0.00649. The molecule has 0 aliphatic carbocycles. The number of benzene rings is 15. The summed E-state index contributed by atoms with van der Waals surface area (Å²) in [6.07, 6.45) is 4.28. The molecular weight excluding hydrogens is 1930 g/mol. The van der Waals surface area contributed by atoms with Gasteiger partial charge in [0, 0.05) is 74.1 Å². The number of aliphatic hydroxyl groups is 1. The number of nitrogens with two attached hydrogens (primary N) is 7. The van der Waals surface area contributed by atoms with Gasteiger partial charge in [0.25, 0.3) is 5.91 Å². The highest BCUT2D eigenvalue weighted by atomic mass is 35.5. The number of nitrogen functional groups attached to an aromatic ring is 7. The summed E-state index contributed by atoms with van der Waals surface area (Å²) < 4.78 is 50.5. The van der Waals surface area contributed by atoms with Crippen molar-refractivity contribution in [1.29, 1.82) is 0 Å². The monoisotopic (exact) mass is 2030 g/mol. The van der Waals surface area contributed by atoms with Gasteiger partial charge in [-0.2, -0.15) is 35.7 Å². The minimum Gasteiger partial charge on any atom is -0.509 e. The lowest BCUT2D eigenvalue weighted by molar-refractivity contribution is 0.0949. The van der Waals surface area contributed by atoms with E-state index in [1.807, 2.05) is 250 Å². The second-order valence-electron chi connectivity index (χ2n) is 34.6. The zero-order chi connectivity index (χ0) is 104. The smallest absolute Gasteiger partial charge is 0.251 e. The van der Waals surface area contributed by atoms with Gasteiger partial charge in [-0.25, -0.2) is 8.42 Å². The number of hydrogen-bond acceptors (Lipinski definition) is 24. The number of H-pyrrole nitrogens is 7. The van der Waals surface area contributed by atoms with E-state index in [0.717, 1.165) is 157 Å². The van der Waals surface area contributed by atoms with Crippen molar-refractivity contribution in [2.45, 2.75) is 57.6 Å². The molecule has 0 bridgehead atoms. The molecule has 0 radical (unpaired) electrons. The Morgan fingerprint density at radius 1 is 0.358 bits per heavy atom. The number of aromatic nitrogens is 14. The molecule has 0 atom stereocenters. The van der Waals surface area contributed by atoms with E-state index in [9.17, 15) is 18.0 Å². The first-order valence-electron chi connectivity index (χ1n) is 46.6. The van der Waals surface area contributed by atoms with Crippen molar-refractivity contribution in [2.24, 2.45) is 0 Å². The molecule has 7 aromatic heterocycles. The molecule has 748 valence electrons. The fourth-order valence-electron chi connectivity index (χ4n) is 16.1. The molecule has 0 aliphatic heterocycles. The molecule has 0 fully saturated rings. The number of aromatic amines is 7. The number of halogens is 2. The molecule has 0 unspecified atom stereocenters. The van der Waals surface area contributed by atoms with E-state index >= 15 is 0 Å². The van der Waals surface area contributed by atoms with Crippen LogP contribution in [0.1, 0.15) is 66.1 Å². The molecule has 15 aromatic carbocycles. The van der Waals surface area contributed by atoms with Crippen LogP contribution in [0.15, 0.2) is 333 Å². The zero-order valence-electron chi connectivity index (χ0n) is 81.1. The normalized spacial score (nSPS) is 10.9. The van der Waals surface area contributed by atoms with Crippen molar-refractivity contribution in [1.82, 2.24) is 76.7 Å². The second-order valence-corrected chi connectivity index (χ2v) is 37.4. The van der Waals surface area contributed by atoms with Crippen LogP contribution >= 0.6 is 23.2 Å². The van der Waals surface area contributed by atoms with Crippen LogP contribution in [0.4, 0.5) is 40.7 Å². The lowest BCUT2D eigenvalue weighted by atomic mass is 10.0. The first-order valence-corrected chi connectivity index (χ1v) is 49.2. The van der Waals surface area contributed by atoms with E-state index in [2.05, 4.69) is 127 Å². The van der Waals surface area contributed by atoms with Gasteiger partial charge in [0.2, 0.25) is 0 Å². The molecule has 32 nitrogen and oxygen atoms in total.